The van der Waals surface area contributed by atoms with Crippen LogP contribution < -0.4 is 5.32 Å². The van der Waals surface area contributed by atoms with Crippen LogP contribution in [0.2, 0.25) is 5.02 Å². The fraction of sp³-hybridized carbons (Fsp3) is 0.182. The van der Waals surface area contributed by atoms with Gasteiger partial charge in [-0.05, 0) is 37.1 Å². The van der Waals surface area contributed by atoms with Gasteiger partial charge in [0.2, 0.25) is 0 Å². The minimum absolute atomic E-state index is 0.405. The molecule has 1 atom stereocenters. The van der Waals surface area contributed by atoms with Gasteiger partial charge in [0.25, 0.3) is 0 Å². The third kappa shape index (κ3) is 3.46. The lowest BCUT2D eigenvalue weighted by Gasteiger charge is -2.10. The first kappa shape index (κ1) is 18.5. The van der Waals surface area contributed by atoms with Gasteiger partial charge in [0.05, 0.1) is 11.5 Å². The van der Waals surface area contributed by atoms with Crippen molar-refractivity contribution in [3.8, 4) is 16.8 Å². The molecule has 0 saturated carbocycles. The molecule has 0 aliphatic heterocycles. The van der Waals surface area contributed by atoms with E-state index >= 15 is 0 Å². The minimum Gasteiger partial charge on any atom is -0.392 e. The van der Waals surface area contributed by atoms with Gasteiger partial charge in [-0.2, -0.15) is 0 Å². The minimum atomic E-state index is -0.483. The van der Waals surface area contributed by atoms with Crippen molar-refractivity contribution in [2.45, 2.75) is 20.0 Å². The van der Waals surface area contributed by atoms with Gasteiger partial charge in [0.15, 0.2) is 5.65 Å². The fourth-order valence-electron chi connectivity index (χ4n) is 3.21. The maximum absolute atomic E-state index is 9.69. The molecule has 2 aromatic heterocycles. The van der Waals surface area contributed by atoms with E-state index in [4.69, 9.17) is 11.6 Å². The van der Waals surface area contributed by atoms with Gasteiger partial charge in [-0.25, -0.2) is 9.97 Å². The van der Waals surface area contributed by atoms with Crippen molar-refractivity contribution in [1.29, 1.82) is 0 Å². The second-order valence-corrected chi connectivity index (χ2v) is 7.27. The van der Waals surface area contributed by atoms with Crippen LogP contribution in [-0.2, 0) is 0 Å². The van der Waals surface area contributed by atoms with Gasteiger partial charge >= 0.3 is 0 Å². The van der Waals surface area contributed by atoms with Crippen LogP contribution in [-0.4, -0.2) is 32.3 Å². The Morgan fingerprint density at radius 2 is 1.93 bits per heavy atom. The summed E-state index contributed by atoms with van der Waals surface area (Å²) in [5.74, 6) is 0.696. The predicted octanol–water partition coefficient (Wildman–Crippen LogP) is 4.84. The van der Waals surface area contributed by atoms with Crippen molar-refractivity contribution >= 4 is 28.5 Å². The van der Waals surface area contributed by atoms with Crippen molar-refractivity contribution < 1.29 is 5.11 Å². The van der Waals surface area contributed by atoms with Crippen LogP contribution in [0.3, 0.4) is 0 Å². The number of hydrogen-bond donors (Lipinski definition) is 2. The predicted molar refractivity (Wildman–Crippen MR) is 114 cm³/mol. The highest BCUT2D eigenvalue weighted by atomic mass is 35.5. The molecule has 0 bridgehead atoms. The van der Waals surface area contributed by atoms with Gasteiger partial charge < -0.3 is 15.0 Å². The highest BCUT2D eigenvalue weighted by Gasteiger charge is 2.17. The van der Waals surface area contributed by atoms with Gasteiger partial charge in [-0.1, -0.05) is 48.0 Å². The van der Waals surface area contributed by atoms with Crippen LogP contribution in [0.1, 0.15) is 12.5 Å². The molecule has 4 rings (SSSR count). The monoisotopic (exact) mass is 392 g/mol. The van der Waals surface area contributed by atoms with Crippen molar-refractivity contribution in [1.82, 2.24) is 14.5 Å². The summed E-state index contributed by atoms with van der Waals surface area (Å²) in [5.41, 5.74) is 4.82. The summed E-state index contributed by atoms with van der Waals surface area (Å²) < 4.78 is 2.03. The molecule has 0 radical (unpaired) electrons. The third-order valence-electron chi connectivity index (χ3n) is 4.67. The standard InChI is InChI=1S/C22H21ClN4O/c1-14-8-9-17(10-19(14)23)27-12-18(16-6-4-3-5-7-16)20-21(24-11-15(2)28)25-13-26-22(20)27/h3-10,12-13,15,28H,11H2,1-2H3,(H,24,25,26)/t15-/m1/s1. The Balaban J connectivity index is 1.96. The SMILES string of the molecule is Cc1ccc(-n2cc(-c3ccccc3)c3c(NC[C@@H](C)O)ncnc32)cc1Cl. The van der Waals surface area contributed by atoms with Crippen LogP contribution in [0.15, 0.2) is 61.1 Å². The van der Waals surface area contributed by atoms with E-state index in [2.05, 4.69) is 33.6 Å². The maximum Gasteiger partial charge on any atom is 0.150 e. The Bertz CT molecular complexity index is 1120. The summed E-state index contributed by atoms with van der Waals surface area (Å²) in [4.78, 5) is 8.98. The van der Waals surface area contributed by atoms with Crippen molar-refractivity contribution in [2.75, 3.05) is 11.9 Å². The van der Waals surface area contributed by atoms with Crippen molar-refractivity contribution in [3.63, 3.8) is 0 Å². The van der Waals surface area contributed by atoms with E-state index in [0.717, 1.165) is 33.4 Å². The first-order valence-electron chi connectivity index (χ1n) is 9.14. The number of fused-ring (bicyclic) bond motifs is 1. The first-order valence-corrected chi connectivity index (χ1v) is 9.52. The molecular weight excluding hydrogens is 372 g/mol. The van der Waals surface area contributed by atoms with Crippen molar-refractivity contribution in [2.24, 2.45) is 0 Å². The number of aryl methyl sites for hydroxylation is 1. The van der Waals surface area contributed by atoms with E-state index in [1.54, 1.807) is 6.92 Å². The molecule has 28 heavy (non-hydrogen) atoms. The molecule has 0 saturated heterocycles. The molecule has 2 N–H and O–H groups in total. The van der Waals surface area contributed by atoms with Crippen LogP contribution in [0.25, 0.3) is 27.8 Å². The Morgan fingerprint density at radius 3 is 2.64 bits per heavy atom. The number of aliphatic hydroxyl groups is 1. The average molecular weight is 393 g/mol. The molecule has 0 amide bonds. The molecule has 4 aromatic rings. The topological polar surface area (TPSA) is 63.0 Å². The summed E-state index contributed by atoms with van der Waals surface area (Å²) in [6.45, 7) is 4.13. The van der Waals surface area contributed by atoms with E-state index < -0.39 is 6.10 Å². The molecule has 0 aliphatic rings. The normalized spacial score (nSPS) is 12.3. The number of hydrogen-bond acceptors (Lipinski definition) is 4. The second-order valence-electron chi connectivity index (χ2n) is 6.86. The number of rotatable bonds is 5. The van der Waals surface area contributed by atoms with Gasteiger partial charge in [-0.15, -0.1) is 0 Å². The number of nitrogens with zero attached hydrogens (tertiary/aromatic N) is 3. The summed E-state index contributed by atoms with van der Waals surface area (Å²) in [6.07, 6.45) is 3.11. The molecule has 6 heteroatoms. The molecule has 0 fully saturated rings. The van der Waals surface area contributed by atoms with Crippen LogP contribution in [0.4, 0.5) is 5.82 Å². The zero-order chi connectivity index (χ0) is 19.7. The lowest BCUT2D eigenvalue weighted by Crippen LogP contribution is -2.16. The van der Waals surface area contributed by atoms with Gasteiger partial charge in [0, 0.05) is 29.0 Å². The summed E-state index contributed by atoms with van der Waals surface area (Å²) in [6, 6.07) is 16.1. The number of halogens is 1. The quantitative estimate of drug-likeness (QED) is 0.510. The summed E-state index contributed by atoms with van der Waals surface area (Å²) in [5, 5.41) is 14.5. The smallest absolute Gasteiger partial charge is 0.150 e. The van der Waals surface area contributed by atoms with Crippen molar-refractivity contribution in [3.05, 3.63) is 71.6 Å². The lowest BCUT2D eigenvalue weighted by molar-refractivity contribution is 0.208. The zero-order valence-electron chi connectivity index (χ0n) is 15.7. The Kier molecular flexibility index (Phi) is 5.03. The number of aliphatic hydroxyl groups excluding tert-OH is 1. The number of nitrogens with one attached hydrogen (secondary N) is 1. The lowest BCUT2D eigenvalue weighted by atomic mass is 10.1. The molecule has 0 unspecified atom stereocenters. The second kappa shape index (κ2) is 7.62. The van der Waals surface area contributed by atoms with Crippen LogP contribution in [0.5, 0.6) is 0 Å². The molecule has 2 heterocycles. The van der Waals surface area contributed by atoms with Crippen LogP contribution >= 0.6 is 11.6 Å². The van der Waals surface area contributed by atoms with Gasteiger partial charge in [0.1, 0.15) is 12.1 Å². The highest BCUT2D eigenvalue weighted by Crippen LogP contribution is 2.35. The summed E-state index contributed by atoms with van der Waals surface area (Å²) in [7, 11) is 0. The van der Waals surface area contributed by atoms with E-state index in [1.807, 2.05) is 47.9 Å². The van der Waals surface area contributed by atoms with Crippen LogP contribution in [0, 0.1) is 6.92 Å². The third-order valence-corrected chi connectivity index (χ3v) is 5.07. The zero-order valence-corrected chi connectivity index (χ0v) is 16.5. The average Bonchev–Trinajstić information content (AvgIpc) is 3.09. The molecule has 0 spiro atoms. The first-order chi connectivity index (χ1) is 13.5. The Labute approximate surface area is 168 Å². The van der Waals surface area contributed by atoms with E-state index in [0.29, 0.717) is 17.4 Å². The number of aromatic nitrogens is 3. The van der Waals surface area contributed by atoms with E-state index in [1.165, 1.54) is 6.33 Å². The van der Waals surface area contributed by atoms with E-state index in [9.17, 15) is 5.11 Å². The molecule has 5 nitrogen and oxygen atoms in total. The molecule has 0 aliphatic carbocycles. The molecular formula is C22H21ClN4O. The highest BCUT2D eigenvalue weighted by molar-refractivity contribution is 6.31. The molecule has 2 aromatic carbocycles. The maximum atomic E-state index is 9.69. The number of benzene rings is 2. The summed E-state index contributed by atoms with van der Waals surface area (Å²) >= 11 is 6.37. The largest absolute Gasteiger partial charge is 0.392 e. The van der Waals surface area contributed by atoms with Gasteiger partial charge in [-0.3, -0.25) is 0 Å². The Morgan fingerprint density at radius 1 is 1.14 bits per heavy atom. The molecule has 142 valence electrons. The van der Waals surface area contributed by atoms with E-state index in [-0.39, 0.29) is 0 Å². The number of anilines is 1. The fourth-order valence-corrected chi connectivity index (χ4v) is 3.38. The Hall–Kier alpha value is -2.89.